The maximum Gasteiger partial charge on any atom is 0.0997 e. The van der Waals surface area contributed by atoms with Gasteiger partial charge in [0.05, 0.1) is 24.1 Å². The number of hydrogen-bond acceptors (Lipinski definition) is 2. The van der Waals surface area contributed by atoms with E-state index in [2.05, 4.69) is 41.9 Å². The molecular formula is C15H17BrN2. The van der Waals surface area contributed by atoms with Gasteiger partial charge in [0.25, 0.3) is 0 Å². The third kappa shape index (κ3) is 3.12. The Morgan fingerprint density at radius 2 is 1.78 bits per heavy atom. The molecule has 0 bridgehead atoms. The summed E-state index contributed by atoms with van der Waals surface area (Å²) in [6.07, 6.45) is 4.12. The standard InChI is InChI=1S/C15H17BrN2/c1-3-5-11-9-15(16)13(7-8-17)12(6-4-2)14(11)10-18/h9H,3-7H2,1-2H3. The van der Waals surface area contributed by atoms with Gasteiger partial charge < -0.3 is 0 Å². The lowest BCUT2D eigenvalue weighted by molar-refractivity contribution is 0.875. The molecule has 18 heavy (non-hydrogen) atoms. The van der Waals surface area contributed by atoms with Crippen LogP contribution in [0.4, 0.5) is 0 Å². The van der Waals surface area contributed by atoms with Crippen LogP contribution in [0.5, 0.6) is 0 Å². The van der Waals surface area contributed by atoms with Crippen LogP contribution in [0.1, 0.15) is 48.9 Å². The Balaban J connectivity index is 3.46. The van der Waals surface area contributed by atoms with E-state index < -0.39 is 0 Å². The van der Waals surface area contributed by atoms with Crippen molar-refractivity contribution in [3.63, 3.8) is 0 Å². The second kappa shape index (κ2) is 7.19. The third-order valence-corrected chi connectivity index (χ3v) is 3.67. The normalized spacial score (nSPS) is 9.83. The monoisotopic (exact) mass is 304 g/mol. The van der Waals surface area contributed by atoms with Crippen LogP contribution in [0.25, 0.3) is 0 Å². The summed E-state index contributed by atoms with van der Waals surface area (Å²) >= 11 is 3.54. The van der Waals surface area contributed by atoms with Crippen LogP contribution in [0.15, 0.2) is 10.5 Å². The van der Waals surface area contributed by atoms with E-state index in [9.17, 15) is 5.26 Å². The van der Waals surface area contributed by atoms with Crippen molar-refractivity contribution in [3.8, 4) is 12.1 Å². The summed E-state index contributed by atoms with van der Waals surface area (Å²) in [7, 11) is 0. The highest BCUT2D eigenvalue weighted by molar-refractivity contribution is 9.10. The molecule has 0 saturated heterocycles. The Hall–Kier alpha value is -1.32. The van der Waals surface area contributed by atoms with Crippen molar-refractivity contribution >= 4 is 15.9 Å². The van der Waals surface area contributed by atoms with E-state index in [0.717, 1.165) is 52.4 Å². The first-order valence-electron chi connectivity index (χ1n) is 6.29. The van der Waals surface area contributed by atoms with Crippen LogP contribution < -0.4 is 0 Å². The van der Waals surface area contributed by atoms with E-state index in [1.165, 1.54) is 0 Å². The smallest absolute Gasteiger partial charge is 0.0997 e. The van der Waals surface area contributed by atoms with E-state index in [4.69, 9.17) is 5.26 Å². The predicted octanol–water partition coefficient (Wildman–Crippen LogP) is 4.29. The zero-order valence-electron chi connectivity index (χ0n) is 10.9. The molecule has 0 aliphatic rings. The third-order valence-electron chi connectivity index (χ3n) is 2.96. The molecule has 0 aromatic heterocycles. The molecule has 0 N–H and O–H groups in total. The molecule has 0 aliphatic heterocycles. The Morgan fingerprint density at radius 1 is 1.11 bits per heavy atom. The van der Waals surface area contributed by atoms with Crippen LogP contribution >= 0.6 is 15.9 Å². The van der Waals surface area contributed by atoms with Crippen molar-refractivity contribution < 1.29 is 0 Å². The summed E-state index contributed by atoms with van der Waals surface area (Å²) in [5.74, 6) is 0. The van der Waals surface area contributed by atoms with Crippen molar-refractivity contribution in [1.82, 2.24) is 0 Å². The van der Waals surface area contributed by atoms with Crippen LogP contribution in [-0.4, -0.2) is 0 Å². The lowest BCUT2D eigenvalue weighted by Crippen LogP contribution is -2.03. The maximum absolute atomic E-state index is 9.39. The molecular weight excluding hydrogens is 288 g/mol. The highest BCUT2D eigenvalue weighted by atomic mass is 79.9. The molecule has 1 rings (SSSR count). The van der Waals surface area contributed by atoms with Gasteiger partial charge in [0.1, 0.15) is 0 Å². The molecule has 0 spiro atoms. The van der Waals surface area contributed by atoms with Crippen LogP contribution in [0, 0.1) is 22.7 Å². The summed E-state index contributed by atoms with van der Waals surface area (Å²) in [5.41, 5.74) is 3.92. The summed E-state index contributed by atoms with van der Waals surface area (Å²) in [6, 6.07) is 6.52. The number of nitrogens with zero attached hydrogens (tertiary/aromatic N) is 2. The number of rotatable bonds is 5. The molecule has 0 atom stereocenters. The average molecular weight is 305 g/mol. The summed E-state index contributed by atoms with van der Waals surface area (Å²) in [4.78, 5) is 0. The summed E-state index contributed by atoms with van der Waals surface area (Å²) < 4.78 is 0.968. The van der Waals surface area contributed by atoms with Crippen LogP contribution in [0.3, 0.4) is 0 Å². The fourth-order valence-electron chi connectivity index (χ4n) is 2.20. The van der Waals surface area contributed by atoms with Crippen LogP contribution in [0.2, 0.25) is 0 Å². The fourth-order valence-corrected chi connectivity index (χ4v) is 2.86. The largest absolute Gasteiger partial charge is 0.198 e. The topological polar surface area (TPSA) is 47.6 Å². The Morgan fingerprint density at radius 3 is 2.28 bits per heavy atom. The molecule has 1 aromatic carbocycles. The second-order valence-corrected chi connectivity index (χ2v) is 5.15. The average Bonchev–Trinajstić information content (AvgIpc) is 2.35. The minimum absolute atomic E-state index is 0.358. The molecule has 0 saturated carbocycles. The van der Waals surface area contributed by atoms with Gasteiger partial charge in [-0.2, -0.15) is 10.5 Å². The first-order valence-corrected chi connectivity index (χ1v) is 7.08. The van der Waals surface area contributed by atoms with E-state index in [1.807, 2.05) is 6.07 Å². The molecule has 2 nitrogen and oxygen atoms in total. The Bertz CT molecular complexity index is 507. The quantitative estimate of drug-likeness (QED) is 0.814. The van der Waals surface area contributed by atoms with Gasteiger partial charge in [-0.1, -0.05) is 42.6 Å². The molecule has 0 unspecified atom stereocenters. The van der Waals surface area contributed by atoms with E-state index in [1.54, 1.807) is 0 Å². The number of benzene rings is 1. The molecule has 0 aliphatic carbocycles. The first-order chi connectivity index (χ1) is 8.69. The maximum atomic E-state index is 9.39. The van der Waals surface area contributed by atoms with E-state index in [-0.39, 0.29) is 0 Å². The van der Waals surface area contributed by atoms with Gasteiger partial charge in [-0.15, -0.1) is 0 Å². The Kier molecular flexibility index (Phi) is 5.89. The molecule has 0 fully saturated rings. The first kappa shape index (κ1) is 14.7. The number of halogens is 1. The van der Waals surface area contributed by atoms with Crippen molar-refractivity contribution in [2.45, 2.75) is 46.0 Å². The van der Waals surface area contributed by atoms with E-state index in [0.29, 0.717) is 6.42 Å². The summed E-state index contributed by atoms with van der Waals surface area (Å²) in [6.45, 7) is 4.20. The van der Waals surface area contributed by atoms with Crippen molar-refractivity contribution in [2.75, 3.05) is 0 Å². The zero-order chi connectivity index (χ0) is 13.5. The molecule has 0 heterocycles. The highest BCUT2D eigenvalue weighted by Crippen LogP contribution is 2.29. The minimum Gasteiger partial charge on any atom is -0.198 e. The van der Waals surface area contributed by atoms with Gasteiger partial charge in [0.15, 0.2) is 0 Å². The fraction of sp³-hybridized carbons (Fsp3) is 0.467. The van der Waals surface area contributed by atoms with Gasteiger partial charge >= 0.3 is 0 Å². The highest BCUT2D eigenvalue weighted by Gasteiger charge is 2.15. The minimum atomic E-state index is 0.358. The van der Waals surface area contributed by atoms with E-state index >= 15 is 0 Å². The lowest BCUT2D eigenvalue weighted by Gasteiger charge is -2.14. The Labute approximate surface area is 117 Å². The number of aryl methyl sites for hydroxylation is 1. The SMILES string of the molecule is CCCc1cc(Br)c(CC#N)c(CCC)c1C#N. The van der Waals surface area contributed by atoms with Crippen molar-refractivity contribution in [2.24, 2.45) is 0 Å². The number of hydrogen-bond donors (Lipinski definition) is 0. The molecule has 0 radical (unpaired) electrons. The zero-order valence-corrected chi connectivity index (χ0v) is 12.5. The van der Waals surface area contributed by atoms with Crippen molar-refractivity contribution in [3.05, 3.63) is 32.8 Å². The van der Waals surface area contributed by atoms with Crippen molar-refractivity contribution in [1.29, 1.82) is 10.5 Å². The molecule has 1 aromatic rings. The van der Waals surface area contributed by atoms with Gasteiger partial charge in [0.2, 0.25) is 0 Å². The lowest BCUT2D eigenvalue weighted by atomic mass is 9.90. The molecule has 3 heteroatoms. The predicted molar refractivity (Wildman–Crippen MR) is 76.2 cm³/mol. The van der Waals surface area contributed by atoms with Gasteiger partial charge in [0, 0.05) is 4.47 Å². The van der Waals surface area contributed by atoms with Crippen LogP contribution in [-0.2, 0) is 19.3 Å². The van der Waals surface area contributed by atoms with Gasteiger partial charge in [-0.05, 0) is 35.6 Å². The number of nitriles is 2. The van der Waals surface area contributed by atoms with Gasteiger partial charge in [-0.3, -0.25) is 0 Å². The molecule has 94 valence electrons. The molecule has 0 amide bonds. The second-order valence-electron chi connectivity index (χ2n) is 4.30. The van der Waals surface area contributed by atoms with Gasteiger partial charge in [-0.25, -0.2) is 0 Å². The summed E-state index contributed by atoms with van der Waals surface area (Å²) in [5, 5.41) is 18.3.